The normalized spacial score (nSPS) is 11.6. The summed E-state index contributed by atoms with van der Waals surface area (Å²) in [4.78, 5) is 12.6. The van der Waals surface area contributed by atoms with E-state index in [1.807, 2.05) is 61.5 Å². The van der Waals surface area contributed by atoms with Gasteiger partial charge in [0.25, 0.3) is 5.91 Å². The van der Waals surface area contributed by atoms with Gasteiger partial charge in [0.1, 0.15) is 18.1 Å². The minimum absolute atomic E-state index is 0.176. The van der Waals surface area contributed by atoms with Crippen LogP contribution in [0.25, 0.3) is 10.8 Å². The first-order chi connectivity index (χ1) is 13.2. The van der Waals surface area contributed by atoms with E-state index in [9.17, 15) is 4.79 Å². The maximum Gasteiger partial charge on any atom is 0.265 e. The van der Waals surface area contributed by atoms with E-state index in [4.69, 9.17) is 9.47 Å². The van der Waals surface area contributed by atoms with E-state index in [0.717, 1.165) is 16.5 Å². The molecular formula is C23H23NO3. The van der Waals surface area contributed by atoms with E-state index in [2.05, 4.69) is 11.9 Å². The van der Waals surface area contributed by atoms with Gasteiger partial charge in [0.05, 0.1) is 0 Å². The van der Waals surface area contributed by atoms with Gasteiger partial charge in [-0.25, -0.2) is 0 Å². The molecule has 1 N–H and O–H groups in total. The molecule has 27 heavy (non-hydrogen) atoms. The number of ether oxygens (including phenoxy) is 2. The van der Waals surface area contributed by atoms with Crippen molar-refractivity contribution >= 4 is 22.4 Å². The van der Waals surface area contributed by atoms with E-state index in [-0.39, 0.29) is 5.91 Å². The number of benzene rings is 3. The molecule has 0 aliphatic heterocycles. The minimum atomic E-state index is -0.567. The number of fused-ring (bicyclic) bond motifs is 1. The second-order valence-corrected chi connectivity index (χ2v) is 6.14. The lowest BCUT2D eigenvalue weighted by Gasteiger charge is -2.18. The summed E-state index contributed by atoms with van der Waals surface area (Å²) in [6, 6.07) is 21.1. The van der Waals surface area contributed by atoms with Crippen LogP contribution in [0, 0.1) is 0 Å². The predicted octanol–water partition coefficient (Wildman–Crippen LogP) is 5.20. The second-order valence-electron chi connectivity index (χ2n) is 6.14. The summed E-state index contributed by atoms with van der Waals surface area (Å²) in [7, 11) is 0. The Bertz CT molecular complexity index is 918. The molecule has 0 bridgehead atoms. The highest BCUT2D eigenvalue weighted by atomic mass is 16.5. The quantitative estimate of drug-likeness (QED) is 0.561. The van der Waals surface area contributed by atoms with Crippen LogP contribution in [-0.2, 0) is 4.79 Å². The van der Waals surface area contributed by atoms with Crippen molar-refractivity contribution in [3.8, 4) is 11.5 Å². The summed E-state index contributed by atoms with van der Waals surface area (Å²) in [5.41, 5.74) is 0.700. The Kier molecular flexibility index (Phi) is 6.10. The van der Waals surface area contributed by atoms with Gasteiger partial charge in [-0.3, -0.25) is 4.79 Å². The molecule has 0 unspecified atom stereocenters. The summed E-state index contributed by atoms with van der Waals surface area (Å²) in [5.74, 6) is 1.24. The highest BCUT2D eigenvalue weighted by Crippen LogP contribution is 2.23. The summed E-state index contributed by atoms with van der Waals surface area (Å²) in [6.45, 7) is 5.99. The van der Waals surface area contributed by atoms with Crippen molar-refractivity contribution in [2.75, 3.05) is 11.9 Å². The number of rotatable bonds is 8. The summed E-state index contributed by atoms with van der Waals surface area (Å²) >= 11 is 0. The Balaban J connectivity index is 1.65. The molecule has 1 atom stereocenters. The molecule has 3 rings (SSSR count). The number of nitrogens with one attached hydrogen (secondary N) is 1. The van der Waals surface area contributed by atoms with Crippen LogP contribution in [0.2, 0.25) is 0 Å². The Morgan fingerprint density at radius 1 is 1.04 bits per heavy atom. The van der Waals surface area contributed by atoms with Gasteiger partial charge in [-0.2, -0.15) is 0 Å². The van der Waals surface area contributed by atoms with Crippen LogP contribution in [0.5, 0.6) is 11.5 Å². The van der Waals surface area contributed by atoms with Crippen LogP contribution >= 0.6 is 0 Å². The topological polar surface area (TPSA) is 47.6 Å². The largest absolute Gasteiger partial charge is 0.490 e. The lowest BCUT2D eigenvalue weighted by molar-refractivity contribution is -0.122. The molecule has 0 fully saturated rings. The molecule has 0 aliphatic carbocycles. The smallest absolute Gasteiger partial charge is 0.265 e. The number of anilines is 1. The third-order valence-electron chi connectivity index (χ3n) is 4.15. The zero-order valence-electron chi connectivity index (χ0n) is 15.4. The van der Waals surface area contributed by atoms with Crippen LogP contribution < -0.4 is 14.8 Å². The van der Waals surface area contributed by atoms with Crippen LogP contribution in [-0.4, -0.2) is 18.6 Å². The first-order valence-corrected chi connectivity index (χ1v) is 8.99. The van der Waals surface area contributed by atoms with Crippen LogP contribution in [0.1, 0.15) is 13.3 Å². The van der Waals surface area contributed by atoms with Gasteiger partial charge in [-0.05, 0) is 53.6 Å². The molecule has 3 aromatic carbocycles. The summed E-state index contributed by atoms with van der Waals surface area (Å²) < 4.78 is 11.4. The van der Waals surface area contributed by atoms with Crippen LogP contribution in [0.15, 0.2) is 79.4 Å². The molecule has 138 valence electrons. The molecular weight excluding hydrogens is 338 g/mol. The number of hydrogen-bond acceptors (Lipinski definition) is 3. The fourth-order valence-electron chi connectivity index (χ4n) is 2.74. The highest BCUT2D eigenvalue weighted by Gasteiger charge is 2.18. The van der Waals surface area contributed by atoms with Gasteiger partial charge in [0.15, 0.2) is 6.10 Å². The van der Waals surface area contributed by atoms with Gasteiger partial charge in [-0.15, -0.1) is 0 Å². The van der Waals surface area contributed by atoms with E-state index in [1.165, 1.54) is 0 Å². The number of carbonyl (C=O) groups excluding carboxylic acids is 1. The molecule has 0 aliphatic rings. The summed E-state index contributed by atoms with van der Waals surface area (Å²) in [5, 5.41) is 5.12. The number of carbonyl (C=O) groups is 1. The molecule has 0 spiro atoms. The molecule has 3 aromatic rings. The maximum absolute atomic E-state index is 12.6. The Morgan fingerprint density at radius 2 is 1.74 bits per heavy atom. The maximum atomic E-state index is 12.6. The first-order valence-electron chi connectivity index (χ1n) is 8.99. The average molecular weight is 361 g/mol. The van der Waals surface area contributed by atoms with Crippen molar-refractivity contribution in [3.05, 3.63) is 79.4 Å². The molecule has 0 aromatic heterocycles. The number of amides is 1. The Morgan fingerprint density at radius 3 is 2.44 bits per heavy atom. The Labute approximate surface area is 159 Å². The van der Waals surface area contributed by atoms with Gasteiger partial charge < -0.3 is 14.8 Å². The summed E-state index contributed by atoms with van der Waals surface area (Å²) in [6.07, 6.45) is 1.69. The van der Waals surface area contributed by atoms with Crippen molar-refractivity contribution in [3.63, 3.8) is 0 Å². The van der Waals surface area contributed by atoms with Crippen molar-refractivity contribution in [1.82, 2.24) is 0 Å². The lowest BCUT2D eigenvalue weighted by Crippen LogP contribution is -2.32. The Hall–Kier alpha value is -3.27. The van der Waals surface area contributed by atoms with Gasteiger partial charge in [-0.1, -0.05) is 49.9 Å². The molecule has 0 heterocycles. The highest BCUT2D eigenvalue weighted by molar-refractivity contribution is 5.94. The SMILES string of the molecule is C=CCOc1ccc(NC(=O)[C@@H](CC)Oc2ccc3ccccc3c2)cc1. The van der Waals surface area contributed by atoms with E-state index < -0.39 is 6.10 Å². The lowest BCUT2D eigenvalue weighted by atomic mass is 10.1. The van der Waals surface area contributed by atoms with Crippen molar-refractivity contribution in [1.29, 1.82) is 0 Å². The number of hydrogen-bond donors (Lipinski definition) is 1. The first kappa shape index (κ1) is 18.5. The molecule has 1 amide bonds. The van der Waals surface area contributed by atoms with Crippen molar-refractivity contribution in [2.45, 2.75) is 19.4 Å². The predicted molar refractivity (Wildman–Crippen MR) is 109 cm³/mol. The van der Waals surface area contributed by atoms with Crippen molar-refractivity contribution < 1.29 is 14.3 Å². The standard InChI is InChI=1S/C23H23NO3/c1-3-15-26-20-13-10-19(11-14-20)24-23(25)22(4-2)27-21-12-9-17-7-5-6-8-18(17)16-21/h3,5-14,16,22H,1,4,15H2,2H3,(H,24,25)/t22-/m1/s1. The molecule has 0 radical (unpaired) electrons. The zero-order chi connectivity index (χ0) is 19.1. The molecule has 4 heteroatoms. The molecule has 4 nitrogen and oxygen atoms in total. The van der Waals surface area contributed by atoms with Gasteiger partial charge in [0.2, 0.25) is 0 Å². The van der Waals surface area contributed by atoms with E-state index in [0.29, 0.717) is 24.5 Å². The average Bonchev–Trinajstić information content (AvgIpc) is 2.71. The van der Waals surface area contributed by atoms with E-state index in [1.54, 1.807) is 18.2 Å². The molecule has 0 saturated carbocycles. The monoisotopic (exact) mass is 361 g/mol. The van der Waals surface area contributed by atoms with Crippen molar-refractivity contribution in [2.24, 2.45) is 0 Å². The minimum Gasteiger partial charge on any atom is -0.490 e. The third kappa shape index (κ3) is 4.88. The van der Waals surface area contributed by atoms with Crippen LogP contribution in [0.4, 0.5) is 5.69 Å². The van der Waals surface area contributed by atoms with Gasteiger partial charge >= 0.3 is 0 Å². The fraction of sp³-hybridized carbons (Fsp3) is 0.174. The zero-order valence-corrected chi connectivity index (χ0v) is 15.4. The van der Waals surface area contributed by atoms with E-state index >= 15 is 0 Å². The molecule has 0 saturated heterocycles. The third-order valence-corrected chi connectivity index (χ3v) is 4.15. The fourth-order valence-corrected chi connectivity index (χ4v) is 2.74. The van der Waals surface area contributed by atoms with Crippen LogP contribution in [0.3, 0.4) is 0 Å². The van der Waals surface area contributed by atoms with Gasteiger partial charge in [0, 0.05) is 5.69 Å². The second kappa shape index (κ2) is 8.90.